The average Bonchev–Trinajstić information content (AvgIpc) is 3.20. The number of anilines is 1. The fourth-order valence-electron chi connectivity index (χ4n) is 2.84. The lowest BCUT2D eigenvalue weighted by Crippen LogP contribution is -2.14. The van der Waals surface area contributed by atoms with E-state index in [9.17, 15) is 4.79 Å². The summed E-state index contributed by atoms with van der Waals surface area (Å²) in [5.74, 6) is 1.42. The van der Waals surface area contributed by atoms with Crippen molar-refractivity contribution < 1.29 is 9.21 Å². The molecule has 0 spiro atoms. The maximum absolute atomic E-state index is 12.8. The molecule has 0 aliphatic heterocycles. The molecule has 1 amide bonds. The molecule has 0 radical (unpaired) electrons. The topological polar surface area (TPSA) is 55.1 Å². The van der Waals surface area contributed by atoms with Crippen LogP contribution in [0.25, 0.3) is 10.8 Å². The van der Waals surface area contributed by atoms with Crippen LogP contribution in [0.2, 0.25) is 0 Å². The van der Waals surface area contributed by atoms with Gasteiger partial charge in [0.05, 0.1) is 5.69 Å². The first-order chi connectivity index (χ1) is 12.0. The number of furan rings is 1. The summed E-state index contributed by atoms with van der Waals surface area (Å²) in [6.07, 6.45) is 1.75. The predicted molar refractivity (Wildman–Crippen MR) is 102 cm³/mol. The van der Waals surface area contributed by atoms with Gasteiger partial charge in [-0.05, 0) is 49.9 Å². The second-order valence-electron chi connectivity index (χ2n) is 5.96. The number of aryl methyl sites for hydroxylation is 4. The largest absolute Gasteiger partial charge is 0.459 e. The molecule has 2 aromatic heterocycles. The summed E-state index contributed by atoms with van der Waals surface area (Å²) in [7, 11) is 0. The Bertz CT molecular complexity index is 886. The van der Waals surface area contributed by atoms with Gasteiger partial charge in [-0.25, -0.2) is 4.98 Å². The molecule has 1 N–H and O–H groups in total. The fraction of sp³-hybridized carbons (Fsp3) is 0.300. The molecule has 0 aliphatic rings. The number of nitrogens with zero attached hydrogens (tertiary/aromatic N) is 1. The van der Waals surface area contributed by atoms with Crippen molar-refractivity contribution in [3.63, 3.8) is 0 Å². The summed E-state index contributed by atoms with van der Waals surface area (Å²) in [6.45, 7) is 7.95. The van der Waals surface area contributed by atoms with Gasteiger partial charge in [0.15, 0.2) is 10.8 Å². The minimum absolute atomic E-state index is 0.111. The molecule has 0 aliphatic carbocycles. The normalized spacial score (nSPS) is 10.9. The molecule has 0 fully saturated rings. The lowest BCUT2D eigenvalue weighted by molar-refractivity contribution is 0.102. The fourth-order valence-corrected chi connectivity index (χ4v) is 3.76. The Kier molecular flexibility index (Phi) is 5.04. The van der Waals surface area contributed by atoms with E-state index in [2.05, 4.69) is 36.3 Å². The van der Waals surface area contributed by atoms with E-state index in [0.29, 0.717) is 10.6 Å². The van der Waals surface area contributed by atoms with Crippen LogP contribution in [0.5, 0.6) is 0 Å². The van der Waals surface area contributed by atoms with Gasteiger partial charge in [-0.15, -0.1) is 11.3 Å². The Hall–Kier alpha value is -2.40. The third kappa shape index (κ3) is 3.51. The summed E-state index contributed by atoms with van der Waals surface area (Å²) in [5.41, 5.74) is 3.95. The Morgan fingerprint density at radius 3 is 2.36 bits per heavy atom. The van der Waals surface area contributed by atoms with Crippen LogP contribution in [-0.4, -0.2) is 10.9 Å². The number of rotatable bonds is 5. The van der Waals surface area contributed by atoms with Crippen molar-refractivity contribution in [2.45, 2.75) is 40.5 Å². The molecule has 0 atom stereocenters. The van der Waals surface area contributed by atoms with E-state index in [1.165, 1.54) is 11.3 Å². The number of amides is 1. The summed E-state index contributed by atoms with van der Waals surface area (Å²) in [4.78, 5) is 18.0. The van der Waals surface area contributed by atoms with E-state index in [-0.39, 0.29) is 5.91 Å². The maximum Gasteiger partial charge on any atom is 0.267 e. The second kappa shape index (κ2) is 7.23. The predicted octanol–water partition coefficient (Wildman–Crippen LogP) is 5.40. The van der Waals surface area contributed by atoms with Crippen LogP contribution >= 0.6 is 11.3 Å². The van der Waals surface area contributed by atoms with Crippen molar-refractivity contribution in [3.05, 3.63) is 57.8 Å². The highest BCUT2D eigenvalue weighted by atomic mass is 32.1. The van der Waals surface area contributed by atoms with Gasteiger partial charge in [0.25, 0.3) is 5.91 Å². The zero-order chi connectivity index (χ0) is 18.0. The molecule has 0 unspecified atom stereocenters. The van der Waals surface area contributed by atoms with Crippen LogP contribution in [0.1, 0.15) is 46.1 Å². The number of carbonyl (C=O) groups is 1. The van der Waals surface area contributed by atoms with Crippen LogP contribution in [0.4, 0.5) is 5.69 Å². The van der Waals surface area contributed by atoms with Crippen LogP contribution < -0.4 is 5.32 Å². The Labute approximate surface area is 151 Å². The number of para-hydroxylation sites is 1. The monoisotopic (exact) mass is 354 g/mol. The van der Waals surface area contributed by atoms with Crippen LogP contribution in [0.3, 0.4) is 0 Å². The van der Waals surface area contributed by atoms with Gasteiger partial charge in [-0.1, -0.05) is 32.0 Å². The highest BCUT2D eigenvalue weighted by Gasteiger charge is 2.19. The van der Waals surface area contributed by atoms with Gasteiger partial charge in [0, 0.05) is 5.69 Å². The summed E-state index contributed by atoms with van der Waals surface area (Å²) >= 11 is 1.36. The van der Waals surface area contributed by atoms with Crippen molar-refractivity contribution in [1.82, 2.24) is 4.98 Å². The van der Waals surface area contributed by atoms with Crippen LogP contribution in [0, 0.1) is 13.8 Å². The lowest BCUT2D eigenvalue weighted by Gasteiger charge is -2.14. The van der Waals surface area contributed by atoms with Crippen molar-refractivity contribution in [2.24, 2.45) is 0 Å². The molecule has 0 saturated carbocycles. The number of nitrogens with one attached hydrogen (secondary N) is 1. The number of hydrogen-bond acceptors (Lipinski definition) is 4. The quantitative estimate of drug-likeness (QED) is 0.667. The molecule has 5 heteroatoms. The number of carbonyl (C=O) groups excluding carboxylic acids is 1. The zero-order valence-electron chi connectivity index (χ0n) is 15.0. The second-order valence-corrected chi connectivity index (χ2v) is 6.96. The number of hydrogen-bond donors (Lipinski definition) is 1. The van der Waals surface area contributed by atoms with Crippen molar-refractivity contribution in [1.29, 1.82) is 0 Å². The van der Waals surface area contributed by atoms with Gasteiger partial charge in [-0.3, -0.25) is 4.79 Å². The Morgan fingerprint density at radius 1 is 1.12 bits per heavy atom. The first kappa shape index (κ1) is 17.4. The zero-order valence-corrected chi connectivity index (χ0v) is 15.8. The molecule has 130 valence electrons. The van der Waals surface area contributed by atoms with Gasteiger partial charge in [-0.2, -0.15) is 0 Å². The highest BCUT2D eigenvalue weighted by molar-refractivity contribution is 7.17. The molecular weight excluding hydrogens is 332 g/mol. The van der Waals surface area contributed by atoms with Gasteiger partial charge < -0.3 is 9.73 Å². The number of aromatic nitrogens is 1. The molecular formula is C20H22N2O2S. The van der Waals surface area contributed by atoms with E-state index in [1.807, 2.05) is 32.0 Å². The van der Waals surface area contributed by atoms with Crippen molar-refractivity contribution in [3.8, 4) is 10.8 Å². The average molecular weight is 354 g/mol. The minimum atomic E-state index is -0.111. The summed E-state index contributed by atoms with van der Waals surface area (Å²) in [6, 6.07) is 9.95. The SMILES string of the molecule is CCc1cccc(CC)c1NC(=O)c1sc(-c2ccc(C)o2)nc1C. The lowest BCUT2D eigenvalue weighted by atomic mass is 10.0. The van der Waals surface area contributed by atoms with Crippen LogP contribution in [-0.2, 0) is 12.8 Å². The molecule has 1 aromatic carbocycles. The Balaban J connectivity index is 1.91. The molecule has 4 nitrogen and oxygen atoms in total. The minimum Gasteiger partial charge on any atom is -0.459 e. The number of benzene rings is 1. The first-order valence-corrected chi connectivity index (χ1v) is 9.31. The highest BCUT2D eigenvalue weighted by Crippen LogP contribution is 2.31. The van der Waals surface area contributed by atoms with Crippen molar-refractivity contribution in [2.75, 3.05) is 5.32 Å². The molecule has 2 heterocycles. The van der Waals surface area contributed by atoms with Gasteiger partial charge in [0.2, 0.25) is 0 Å². The van der Waals surface area contributed by atoms with E-state index >= 15 is 0 Å². The van der Waals surface area contributed by atoms with Gasteiger partial charge >= 0.3 is 0 Å². The van der Waals surface area contributed by atoms with E-state index in [1.54, 1.807) is 0 Å². The van der Waals surface area contributed by atoms with Gasteiger partial charge in [0.1, 0.15) is 10.6 Å². The van der Waals surface area contributed by atoms with Crippen molar-refractivity contribution >= 4 is 22.9 Å². The third-order valence-corrected chi connectivity index (χ3v) is 5.36. The molecule has 25 heavy (non-hydrogen) atoms. The maximum atomic E-state index is 12.8. The third-order valence-electron chi connectivity index (χ3n) is 4.19. The number of thiazole rings is 1. The van der Waals surface area contributed by atoms with E-state index in [0.717, 1.165) is 46.1 Å². The van der Waals surface area contributed by atoms with E-state index in [4.69, 9.17) is 4.42 Å². The smallest absolute Gasteiger partial charge is 0.267 e. The summed E-state index contributed by atoms with van der Waals surface area (Å²) in [5, 5.41) is 3.84. The molecule has 0 saturated heterocycles. The van der Waals surface area contributed by atoms with E-state index < -0.39 is 0 Å². The molecule has 3 rings (SSSR count). The summed E-state index contributed by atoms with van der Waals surface area (Å²) < 4.78 is 5.63. The molecule has 0 bridgehead atoms. The standard InChI is InChI=1S/C20H22N2O2S/c1-5-14-8-7-9-15(6-2)17(14)22-19(23)18-13(4)21-20(25-18)16-11-10-12(3)24-16/h7-11H,5-6H2,1-4H3,(H,22,23). The molecule has 3 aromatic rings. The van der Waals surface area contributed by atoms with Crippen LogP contribution in [0.15, 0.2) is 34.7 Å². The Morgan fingerprint density at radius 2 is 1.80 bits per heavy atom. The first-order valence-electron chi connectivity index (χ1n) is 8.49.